The lowest BCUT2D eigenvalue weighted by atomic mass is 9.78. The molecule has 2 fully saturated rings. The first-order chi connectivity index (χ1) is 9.99. The number of aromatic nitrogens is 1. The summed E-state index contributed by atoms with van der Waals surface area (Å²) in [5.41, 5.74) is 2.37. The molecule has 0 bridgehead atoms. The molecule has 1 N–H and O–H groups in total. The fourth-order valence-electron chi connectivity index (χ4n) is 3.81. The van der Waals surface area contributed by atoms with Crippen molar-refractivity contribution in [3.63, 3.8) is 0 Å². The number of hydrogen-bond donors (Lipinski definition) is 1. The van der Waals surface area contributed by atoms with E-state index in [1.807, 2.05) is 25.6 Å². The molecule has 3 unspecified atom stereocenters. The van der Waals surface area contributed by atoms with E-state index in [0.29, 0.717) is 5.54 Å². The van der Waals surface area contributed by atoms with Crippen LogP contribution in [0.4, 0.5) is 0 Å². The van der Waals surface area contributed by atoms with E-state index in [1.54, 1.807) is 0 Å². The minimum absolute atomic E-state index is 0.0995. The minimum Gasteiger partial charge on any atom is -0.361 e. The van der Waals surface area contributed by atoms with E-state index >= 15 is 0 Å². The Bertz CT molecular complexity index is 534. The molecule has 1 saturated carbocycles. The normalized spacial score (nSPS) is 32.6. The number of aliphatic imine (C=N–C) groups is 1. The molecular formula is C16H25N3OS. The number of nitrogens with zero attached hydrogens (tertiary/aromatic N) is 2. The minimum atomic E-state index is 0.0995. The third kappa shape index (κ3) is 2.98. The van der Waals surface area contributed by atoms with Crippen LogP contribution in [0.15, 0.2) is 9.52 Å². The highest BCUT2D eigenvalue weighted by Crippen LogP contribution is 2.39. The van der Waals surface area contributed by atoms with Crippen molar-refractivity contribution in [3.05, 3.63) is 17.0 Å². The van der Waals surface area contributed by atoms with Gasteiger partial charge in [0.05, 0.1) is 11.7 Å². The predicted octanol–water partition coefficient (Wildman–Crippen LogP) is 3.99. The van der Waals surface area contributed by atoms with Gasteiger partial charge in [0, 0.05) is 16.9 Å². The largest absolute Gasteiger partial charge is 0.361 e. The highest BCUT2D eigenvalue weighted by molar-refractivity contribution is 8.14. The Morgan fingerprint density at radius 1 is 1.48 bits per heavy atom. The molecule has 1 aliphatic carbocycles. The zero-order valence-electron chi connectivity index (χ0n) is 13.4. The molecule has 1 aromatic heterocycles. The fourth-order valence-corrected chi connectivity index (χ4v) is 5.08. The van der Waals surface area contributed by atoms with E-state index < -0.39 is 0 Å². The average Bonchev–Trinajstić information content (AvgIpc) is 2.94. The molecule has 5 heteroatoms. The van der Waals surface area contributed by atoms with E-state index in [-0.39, 0.29) is 6.04 Å². The molecule has 21 heavy (non-hydrogen) atoms. The number of thioether (sulfide) groups is 1. The van der Waals surface area contributed by atoms with Gasteiger partial charge in [-0.15, -0.1) is 0 Å². The van der Waals surface area contributed by atoms with Gasteiger partial charge in [0.2, 0.25) is 0 Å². The Hall–Kier alpha value is -0.970. The number of rotatable bonds is 2. The van der Waals surface area contributed by atoms with Gasteiger partial charge >= 0.3 is 0 Å². The van der Waals surface area contributed by atoms with Gasteiger partial charge in [-0.2, -0.15) is 0 Å². The van der Waals surface area contributed by atoms with Crippen LogP contribution < -0.4 is 5.32 Å². The van der Waals surface area contributed by atoms with Crippen LogP contribution in [0.25, 0.3) is 0 Å². The molecule has 0 amide bonds. The molecular weight excluding hydrogens is 282 g/mol. The van der Waals surface area contributed by atoms with Crippen molar-refractivity contribution >= 4 is 16.9 Å². The quantitative estimate of drug-likeness (QED) is 0.897. The van der Waals surface area contributed by atoms with Crippen molar-refractivity contribution in [1.82, 2.24) is 10.5 Å². The molecule has 116 valence electrons. The molecule has 1 aliphatic heterocycles. The molecule has 3 rings (SSSR count). The smallest absolute Gasteiger partial charge is 0.157 e. The van der Waals surface area contributed by atoms with Crippen LogP contribution >= 0.6 is 11.8 Å². The summed E-state index contributed by atoms with van der Waals surface area (Å²) in [7, 11) is 0. The van der Waals surface area contributed by atoms with Crippen molar-refractivity contribution in [2.75, 3.05) is 5.75 Å². The van der Waals surface area contributed by atoms with Crippen molar-refractivity contribution in [3.8, 4) is 0 Å². The molecule has 1 spiro atoms. The van der Waals surface area contributed by atoms with Crippen LogP contribution in [0.1, 0.15) is 62.6 Å². The Balaban J connectivity index is 1.73. The van der Waals surface area contributed by atoms with E-state index in [0.717, 1.165) is 33.9 Å². The van der Waals surface area contributed by atoms with Crippen LogP contribution in [0.3, 0.4) is 0 Å². The average molecular weight is 307 g/mol. The van der Waals surface area contributed by atoms with Gasteiger partial charge < -0.3 is 9.84 Å². The van der Waals surface area contributed by atoms with Crippen molar-refractivity contribution in [1.29, 1.82) is 0 Å². The number of amidine groups is 1. The molecule has 4 nitrogen and oxygen atoms in total. The highest BCUT2D eigenvalue weighted by Gasteiger charge is 2.40. The second-order valence-electron chi connectivity index (χ2n) is 6.74. The van der Waals surface area contributed by atoms with Gasteiger partial charge in [-0.1, -0.05) is 36.7 Å². The number of hydrogen-bond acceptors (Lipinski definition) is 4. The predicted molar refractivity (Wildman–Crippen MR) is 87.8 cm³/mol. The molecule has 0 radical (unpaired) electrons. The van der Waals surface area contributed by atoms with Crippen molar-refractivity contribution < 1.29 is 4.52 Å². The summed E-state index contributed by atoms with van der Waals surface area (Å²) < 4.78 is 5.26. The monoisotopic (exact) mass is 307 g/mol. The summed E-state index contributed by atoms with van der Waals surface area (Å²) in [4.78, 5) is 4.88. The second-order valence-corrected chi connectivity index (χ2v) is 7.71. The van der Waals surface area contributed by atoms with Crippen LogP contribution in [-0.4, -0.2) is 21.6 Å². The first-order valence-electron chi connectivity index (χ1n) is 7.91. The maximum Gasteiger partial charge on any atom is 0.157 e. The maximum absolute atomic E-state index is 5.26. The first kappa shape index (κ1) is 14.9. The van der Waals surface area contributed by atoms with Gasteiger partial charge in [0.1, 0.15) is 5.76 Å². The third-order valence-electron chi connectivity index (χ3n) is 4.77. The maximum atomic E-state index is 5.26. The Morgan fingerprint density at radius 2 is 2.29 bits per heavy atom. The number of aryl methyl sites for hydroxylation is 2. The van der Waals surface area contributed by atoms with Crippen LogP contribution in [0.2, 0.25) is 0 Å². The van der Waals surface area contributed by atoms with Gasteiger partial charge in [0.15, 0.2) is 5.17 Å². The molecule has 0 aromatic carbocycles. The van der Waals surface area contributed by atoms with E-state index in [2.05, 4.69) is 24.3 Å². The van der Waals surface area contributed by atoms with Gasteiger partial charge in [-0.05, 0) is 39.5 Å². The van der Waals surface area contributed by atoms with Gasteiger partial charge in [0.25, 0.3) is 0 Å². The Morgan fingerprint density at radius 3 is 2.95 bits per heavy atom. The van der Waals surface area contributed by atoms with E-state index in [9.17, 15) is 0 Å². The Kier molecular flexibility index (Phi) is 4.04. The summed E-state index contributed by atoms with van der Waals surface area (Å²) in [5, 5.41) is 8.86. The summed E-state index contributed by atoms with van der Waals surface area (Å²) in [6, 6.07) is 0.0995. The SMILES string of the molecule is Cc1noc(C)c1C(C)N=C1NC2(CCCC(C)C2)CS1. The van der Waals surface area contributed by atoms with Crippen LogP contribution in [-0.2, 0) is 0 Å². The number of nitrogens with one attached hydrogen (secondary N) is 1. The Labute approximate surface area is 131 Å². The molecule has 2 aliphatic rings. The second kappa shape index (κ2) is 5.67. The lowest BCUT2D eigenvalue weighted by molar-refractivity contribution is 0.242. The van der Waals surface area contributed by atoms with E-state index in [1.165, 1.54) is 25.7 Å². The van der Waals surface area contributed by atoms with Crippen LogP contribution in [0.5, 0.6) is 0 Å². The van der Waals surface area contributed by atoms with Gasteiger partial charge in [-0.25, -0.2) is 0 Å². The molecule has 1 aromatic rings. The summed E-state index contributed by atoms with van der Waals surface area (Å²) in [6.45, 7) is 8.44. The first-order valence-corrected chi connectivity index (χ1v) is 8.89. The standard InChI is InChI=1S/C16H25N3OS/c1-10-6-5-7-16(8-10)9-21-15(18-16)17-11(2)14-12(3)19-20-13(14)4/h10-11H,5-9H2,1-4H3,(H,17,18). The summed E-state index contributed by atoms with van der Waals surface area (Å²) in [5.74, 6) is 2.87. The zero-order chi connectivity index (χ0) is 15.0. The topological polar surface area (TPSA) is 50.4 Å². The fraction of sp³-hybridized carbons (Fsp3) is 0.750. The van der Waals surface area contributed by atoms with Crippen molar-refractivity contribution in [2.24, 2.45) is 10.9 Å². The summed E-state index contributed by atoms with van der Waals surface area (Å²) in [6.07, 6.45) is 5.26. The van der Waals surface area contributed by atoms with E-state index in [4.69, 9.17) is 9.52 Å². The van der Waals surface area contributed by atoms with Crippen molar-refractivity contribution in [2.45, 2.75) is 65.0 Å². The lowest BCUT2D eigenvalue weighted by Gasteiger charge is -2.36. The summed E-state index contributed by atoms with van der Waals surface area (Å²) >= 11 is 1.87. The molecule has 1 saturated heterocycles. The van der Waals surface area contributed by atoms with Crippen LogP contribution in [0, 0.1) is 19.8 Å². The molecule has 3 atom stereocenters. The highest BCUT2D eigenvalue weighted by atomic mass is 32.2. The van der Waals surface area contributed by atoms with Gasteiger partial charge in [-0.3, -0.25) is 4.99 Å². The third-order valence-corrected chi connectivity index (χ3v) is 5.94. The zero-order valence-corrected chi connectivity index (χ0v) is 14.2. The molecule has 2 heterocycles. The lowest BCUT2D eigenvalue weighted by Crippen LogP contribution is -2.47.